The predicted molar refractivity (Wildman–Crippen MR) is 60.5 cm³/mol. The monoisotopic (exact) mass is 260 g/mol. The van der Waals surface area contributed by atoms with Crippen molar-refractivity contribution in [3.8, 4) is 11.5 Å². The number of rotatable bonds is 6. The maximum absolute atomic E-state index is 12.7. The molecule has 18 heavy (non-hydrogen) atoms. The highest BCUT2D eigenvalue weighted by Gasteiger charge is 2.17. The van der Waals surface area contributed by atoms with Crippen LogP contribution in [0.25, 0.3) is 0 Å². The summed E-state index contributed by atoms with van der Waals surface area (Å²) in [5.41, 5.74) is 0.183. The lowest BCUT2D eigenvalue weighted by Crippen LogP contribution is -2.02. The molecule has 1 rings (SSSR count). The van der Waals surface area contributed by atoms with Gasteiger partial charge in [-0.15, -0.1) is 0 Å². The topological polar surface area (TPSA) is 55.8 Å². The van der Waals surface area contributed by atoms with Gasteiger partial charge in [-0.1, -0.05) is 0 Å². The van der Waals surface area contributed by atoms with E-state index in [-0.39, 0.29) is 24.2 Å². The molecule has 0 spiro atoms. The molecule has 1 aromatic rings. The van der Waals surface area contributed by atoms with Gasteiger partial charge in [-0.05, 0) is 24.1 Å². The summed E-state index contributed by atoms with van der Waals surface area (Å²) in [5.74, 6) is -0.530. The standard InChI is InChI=1S/C12H14F2O4/c1-17-9-6-8(12(13)14)5-7(11(9)18-2)3-4-10(15)16/h5-6,12H,3-4H2,1-2H3,(H,15,16). The Morgan fingerprint density at radius 1 is 1.33 bits per heavy atom. The maximum atomic E-state index is 12.7. The highest BCUT2D eigenvalue weighted by Crippen LogP contribution is 2.36. The van der Waals surface area contributed by atoms with E-state index in [0.29, 0.717) is 11.3 Å². The molecule has 0 amide bonds. The third kappa shape index (κ3) is 3.32. The Hall–Kier alpha value is -1.85. The zero-order valence-corrected chi connectivity index (χ0v) is 10.1. The molecular weight excluding hydrogens is 246 g/mol. The second-order valence-electron chi connectivity index (χ2n) is 3.61. The van der Waals surface area contributed by atoms with Gasteiger partial charge in [-0.3, -0.25) is 4.79 Å². The number of ether oxygens (including phenoxy) is 2. The van der Waals surface area contributed by atoms with Crippen LogP contribution in [-0.4, -0.2) is 25.3 Å². The predicted octanol–water partition coefficient (Wildman–Crippen LogP) is 2.66. The summed E-state index contributed by atoms with van der Waals surface area (Å²) in [6, 6.07) is 2.43. The van der Waals surface area contributed by atoms with E-state index in [0.717, 1.165) is 0 Å². The average Bonchev–Trinajstić information content (AvgIpc) is 2.34. The van der Waals surface area contributed by atoms with Crippen molar-refractivity contribution < 1.29 is 28.2 Å². The van der Waals surface area contributed by atoms with E-state index in [2.05, 4.69) is 0 Å². The highest BCUT2D eigenvalue weighted by molar-refractivity contribution is 5.67. The van der Waals surface area contributed by atoms with E-state index >= 15 is 0 Å². The summed E-state index contributed by atoms with van der Waals surface area (Å²) in [7, 11) is 2.72. The van der Waals surface area contributed by atoms with E-state index in [1.807, 2.05) is 0 Å². The third-order valence-electron chi connectivity index (χ3n) is 2.44. The molecule has 1 aromatic carbocycles. The van der Waals surface area contributed by atoms with Gasteiger partial charge in [0.05, 0.1) is 14.2 Å². The fourth-order valence-corrected chi connectivity index (χ4v) is 1.62. The van der Waals surface area contributed by atoms with Crippen LogP contribution in [0.3, 0.4) is 0 Å². The number of aliphatic carboxylic acids is 1. The SMILES string of the molecule is COc1cc(C(F)F)cc(CCC(=O)O)c1OC. The number of carboxylic acid groups (broad SMARTS) is 1. The first-order valence-electron chi connectivity index (χ1n) is 5.24. The molecule has 0 bridgehead atoms. The lowest BCUT2D eigenvalue weighted by Gasteiger charge is -2.14. The van der Waals surface area contributed by atoms with E-state index < -0.39 is 12.4 Å². The van der Waals surface area contributed by atoms with Crippen LogP contribution in [-0.2, 0) is 11.2 Å². The molecular formula is C12H14F2O4. The number of alkyl halides is 2. The van der Waals surface area contributed by atoms with Crippen molar-refractivity contribution in [3.05, 3.63) is 23.3 Å². The van der Waals surface area contributed by atoms with Crippen LogP contribution < -0.4 is 9.47 Å². The third-order valence-corrected chi connectivity index (χ3v) is 2.44. The number of hydrogen-bond donors (Lipinski definition) is 1. The van der Waals surface area contributed by atoms with E-state index in [1.54, 1.807) is 0 Å². The molecule has 0 aliphatic rings. The zero-order valence-electron chi connectivity index (χ0n) is 10.1. The Balaban J connectivity index is 3.17. The fourth-order valence-electron chi connectivity index (χ4n) is 1.62. The van der Waals surface area contributed by atoms with Crippen LogP contribution in [0.2, 0.25) is 0 Å². The molecule has 1 N–H and O–H groups in total. The van der Waals surface area contributed by atoms with Gasteiger partial charge in [-0.25, -0.2) is 8.78 Å². The molecule has 0 unspecified atom stereocenters. The minimum atomic E-state index is -2.65. The van der Waals surface area contributed by atoms with Gasteiger partial charge in [0, 0.05) is 12.0 Å². The van der Waals surface area contributed by atoms with Crippen molar-refractivity contribution in [3.63, 3.8) is 0 Å². The van der Waals surface area contributed by atoms with Crippen LogP contribution in [0.15, 0.2) is 12.1 Å². The molecule has 0 saturated carbocycles. The number of methoxy groups -OCH3 is 2. The van der Waals surface area contributed by atoms with Crippen LogP contribution >= 0.6 is 0 Å². The van der Waals surface area contributed by atoms with Crippen molar-refractivity contribution >= 4 is 5.97 Å². The van der Waals surface area contributed by atoms with E-state index in [1.165, 1.54) is 26.4 Å². The Morgan fingerprint density at radius 2 is 2.00 bits per heavy atom. The average molecular weight is 260 g/mol. The number of carbonyl (C=O) groups is 1. The van der Waals surface area contributed by atoms with Crippen molar-refractivity contribution in [1.82, 2.24) is 0 Å². The second kappa shape index (κ2) is 6.18. The molecule has 4 nitrogen and oxygen atoms in total. The zero-order chi connectivity index (χ0) is 13.7. The Kier molecular flexibility index (Phi) is 4.88. The second-order valence-corrected chi connectivity index (χ2v) is 3.61. The minimum absolute atomic E-state index is 0.107. The summed E-state index contributed by atoms with van der Waals surface area (Å²) in [6.07, 6.45) is -2.70. The molecule has 0 aliphatic heterocycles. The van der Waals surface area contributed by atoms with Crippen molar-refractivity contribution in [1.29, 1.82) is 0 Å². The van der Waals surface area contributed by atoms with Crippen LogP contribution in [0, 0.1) is 0 Å². The van der Waals surface area contributed by atoms with Gasteiger partial charge in [-0.2, -0.15) is 0 Å². The number of aryl methyl sites for hydroxylation is 1. The number of hydrogen-bond acceptors (Lipinski definition) is 3. The number of carboxylic acids is 1. The summed E-state index contributed by atoms with van der Waals surface area (Å²) in [4.78, 5) is 10.5. The number of halogens is 2. The minimum Gasteiger partial charge on any atom is -0.493 e. The fraction of sp³-hybridized carbons (Fsp3) is 0.417. The van der Waals surface area contributed by atoms with Gasteiger partial charge in [0.15, 0.2) is 11.5 Å². The van der Waals surface area contributed by atoms with Gasteiger partial charge in [0.2, 0.25) is 0 Å². The Bertz CT molecular complexity index is 432. The first kappa shape index (κ1) is 14.2. The summed E-state index contributed by atoms with van der Waals surface area (Å²) >= 11 is 0. The van der Waals surface area contributed by atoms with Crippen molar-refractivity contribution in [2.45, 2.75) is 19.3 Å². The molecule has 6 heteroatoms. The van der Waals surface area contributed by atoms with Crippen molar-refractivity contribution in [2.24, 2.45) is 0 Å². The largest absolute Gasteiger partial charge is 0.493 e. The Labute approximate surface area is 103 Å². The maximum Gasteiger partial charge on any atom is 0.303 e. The molecule has 0 fully saturated rings. The molecule has 0 aromatic heterocycles. The first-order valence-corrected chi connectivity index (χ1v) is 5.24. The van der Waals surface area contributed by atoms with Crippen LogP contribution in [0.1, 0.15) is 24.0 Å². The van der Waals surface area contributed by atoms with Gasteiger partial charge in [0.25, 0.3) is 6.43 Å². The van der Waals surface area contributed by atoms with Crippen LogP contribution in [0.5, 0.6) is 11.5 Å². The van der Waals surface area contributed by atoms with Crippen LogP contribution in [0.4, 0.5) is 8.78 Å². The Morgan fingerprint density at radius 3 is 2.44 bits per heavy atom. The van der Waals surface area contributed by atoms with E-state index in [4.69, 9.17) is 14.6 Å². The lowest BCUT2D eigenvalue weighted by molar-refractivity contribution is -0.136. The molecule has 0 atom stereocenters. The van der Waals surface area contributed by atoms with Crippen molar-refractivity contribution in [2.75, 3.05) is 14.2 Å². The smallest absolute Gasteiger partial charge is 0.303 e. The number of benzene rings is 1. The highest BCUT2D eigenvalue weighted by atomic mass is 19.3. The summed E-state index contributed by atoms with van der Waals surface area (Å²) in [5, 5.41) is 8.62. The quantitative estimate of drug-likeness (QED) is 0.854. The molecule has 100 valence electrons. The van der Waals surface area contributed by atoms with Gasteiger partial charge in [0.1, 0.15) is 0 Å². The molecule has 0 heterocycles. The molecule has 0 saturated heterocycles. The first-order chi connectivity index (χ1) is 8.49. The lowest BCUT2D eigenvalue weighted by atomic mass is 10.0. The summed E-state index contributed by atoms with van der Waals surface area (Å²) < 4.78 is 35.4. The molecule has 0 aliphatic carbocycles. The van der Waals surface area contributed by atoms with Gasteiger partial charge >= 0.3 is 5.97 Å². The summed E-state index contributed by atoms with van der Waals surface area (Å²) in [6.45, 7) is 0. The van der Waals surface area contributed by atoms with E-state index in [9.17, 15) is 13.6 Å². The van der Waals surface area contributed by atoms with Gasteiger partial charge < -0.3 is 14.6 Å². The normalized spacial score (nSPS) is 10.5. The molecule has 0 radical (unpaired) electrons.